The van der Waals surface area contributed by atoms with E-state index in [-0.39, 0.29) is 6.07 Å². The van der Waals surface area contributed by atoms with Crippen LogP contribution in [0.1, 0.15) is 16.7 Å². The van der Waals surface area contributed by atoms with Crippen LogP contribution in [0, 0.1) is 0 Å². The number of alkyl halides is 7. The van der Waals surface area contributed by atoms with Gasteiger partial charge in [-0.1, -0.05) is 0 Å². The Kier molecular flexibility index (Phi) is 4.30. The third-order valence-corrected chi connectivity index (χ3v) is 2.33. The molecule has 9 heteroatoms. The molecule has 112 valence electrons. The molecule has 0 fully saturated rings. The summed E-state index contributed by atoms with van der Waals surface area (Å²) in [5.41, 5.74) is -3.91. The van der Waals surface area contributed by atoms with Crippen LogP contribution < -0.4 is 0 Å². The fourth-order valence-electron chi connectivity index (χ4n) is 1.43. The molecule has 0 spiro atoms. The van der Waals surface area contributed by atoms with Crippen LogP contribution in [0.5, 0.6) is 0 Å². The first-order valence-electron chi connectivity index (χ1n) is 5.06. The maximum atomic E-state index is 12.9. The molecule has 1 aromatic carbocycles. The summed E-state index contributed by atoms with van der Waals surface area (Å²) in [6.45, 7) is 0. The lowest BCUT2D eigenvalue weighted by Crippen LogP contribution is -2.19. The smallest absolute Gasteiger partial charge is 0.416 e. The van der Waals surface area contributed by atoms with Crippen molar-refractivity contribution in [1.82, 2.24) is 0 Å². The lowest BCUT2D eigenvalue weighted by atomic mass is 10.0. The Morgan fingerprint density at radius 2 is 1.40 bits per heavy atom. The number of rotatable bonds is 3. The minimum absolute atomic E-state index is 0.114. The van der Waals surface area contributed by atoms with Gasteiger partial charge in [-0.05, 0) is 23.8 Å². The van der Waals surface area contributed by atoms with Gasteiger partial charge in [0.1, 0.15) is 0 Å². The summed E-state index contributed by atoms with van der Waals surface area (Å²) >= 11 is 0. The van der Waals surface area contributed by atoms with Gasteiger partial charge in [-0.3, -0.25) is 0 Å². The van der Waals surface area contributed by atoms with E-state index in [9.17, 15) is 35.5 Å². The Bertz CT molecular complexity index is 472. The highest BCUT2D eigenvalue weighted by Crippen LogP contribution is 2.36. The second-order valence-electron chi connectivity index (χ2n) is 3.92. The number of hydrogen-bond acceptors (Lipinski definition) is 1. The molecule has 0 bridgehead atoms. The number of carboxylic acid groups (broad SMARTS) is 1. The molecule has 0 saturated heterocycles. The molecule has 0 aliphatic heterocycles. The van der Waals surface area contributed by atoms with Crippen molar-refractivity contribution in [3.63, 3.8) is 0 Å². The van der Waals surface area contributed by atoms with E-state index in [1.807, 2.05) is 0 Å². The first kappa shape index (κ1) is 16.3. The molecule has 0 radical (unpaired) electrons. The van der Waals surface area contributed by atoms with Gasteiger partial charge in [0.15, 0.2) is 0 Å². The van der Waals surface area contributed by atoms with Crippen molar-refractivity contribution in [2.45, 2.75) is 24.9 Å². The minimum Gasteiger partial charge on any atom is -0.479 e. The van der Waals surface area contributed by atoms with Crippen LogP contribution in [0.2, 0.25) is 0 Å². The Labute approximate surface area is 107 Å². The highest BCUT2D eigenvalue weighted by atomic mass is 19.4. The molecule has 0 aliphatic rings. The van der Waals surface area contributed by atoms with Crippen molar-refractivity contribution in [3.8, 4) is 0 Å². The van der Waals surface area contributed by atoms with E-state index in [1.165, 1.54) is 0 Å². The van der Waals surface area contributed by atoms with E-state index in [2.05, 4.69) is 0 Å². The van der Waals surface area contributed by atoms with Gasteiger partial charge in [-0.15, -0.1) is 0 Å². The highest BCUT2D eigenvalue weighted by molar-refractivity contribution is 5.72. The molecule has 0 amide bonds. The van der Waals surface area contributed by atoms with Crippen LogP contribution in [-0.2, 0) is 23.6 Å². The zero-order valence-electron chi connectivity index (χ0n) is 9.52. The fourth-order valence-corrected chi connectivity index (χ4v) is 1.43. The predicted octanol–water partition coefficient (Wildman–Crippen LogP) is 3.69. The lowest BCUT2D eigenvalue weighted by molar-refractivity contribution is -0.143. The molecule has 0 saturated carbocycles. The average molecular weight is 304 g/mol. The summed E-state index contributed by atoms with van der Waals surface area (Å²) in [5, 5.41) is 8.28. The van der Waals surface area contributed by atoms with Gasteiger partial charge >= 0.3 is 18.3 Å². The number of aliphatic carboxylic acids is 1. The third kappa shape index (κ3) is 4.10. The second kappa shape index (κ2) is 5.29. The summed E-state index contributed by atoms with van der Waals surface area (Å²) < 4.78 is 87.6. The van der Waals surface area contributed by atoms with E-state index in [0.29, 0.717) is 12.1 Å². The average Bonchev–Trinajstić information content (AvgIpc) is 2.26. The molecular weight excluding hydrogens is 297 g/mol. The lowest BCUT2D eigenvalue weighted by Gasteiger charge is -2.14. The van der Waals surface area contributed by atoms with Crippen LogP contribution in [0.15, 0.2) is 18.2 Å². The van der Waals surface area contributed by atoms with Gasteiger partial charge in [0, 0.05) is 6.42 Å². The van der Waals surface area contributed by atoms with Crippen LogP contribution in [0.25, 0.3) is 0 Å². The minimum atomic E-state index is -5.05. The Balaban J connectivity index is 3.28. The zero-order valence-corrected chi connectivity index (χ0v) is 9.52. The summed E-state index contributed by atoms with van der Waals surface area (Å²) in [7, 11) is 0. The Hall–Kier alpha value is -1.80. The van der Waals surface area contributed by atoms with E-state index in [4.69, 9.17) is 5.11 Å². The molecule has 2 nitrogen and oxygen atoms in total. The van der Waals surface area contributed by atoms with Crippen molar-refractivity contribution >= 4 is 5.97 Å². The molecule has 1 atom stereocenters. The van der Waals surface area contributed by atoms with Crippen molar-refractivity contribution in [2.24, 2.45) is 0 Å². The SMILES string of the molecule is O=C(O)C(F)Cc1cc(C(F)(F)F)cc(C(F)(F)F)c1. The normalized spacial score (nSPS) is 14.2. The molecule has 0 heterocycles. The first-order chi connectivity index (χ1) is 8.91. The zero-order chi connectivity index (χ0) is 15.7. The number of hydrogen-bond donors (Lipinski definition) is 1. The van der Waals surface area contributed by atoms with Gasteiger partial charge in [-0.25, -0.2) is 9.18 Å². The monoisotopic (exact) mass is 304 g/mol. The van der Waals surface area contributed by atoms with Crippen molar-refractivity contribution in [1.29, 1.82) is 0 Å². The number of carbonyl (C=O) groups is 1. The van der Waals surface area contributed by atoms with Gasteiger partial charge in [0.2, 0.25) is 6.17 Å². The van der Waals surface area contributed by atoms with E-state index in [0.717, 1.165) is 0 Å². The molecule has 1 unspecified atom stereocenters. The standard InChI is InChI=1S/C11H7F7O2/c12-8(9(19)20)3-5-1-6(10(13,14)15)4-7(2-5)11(16,17)18/h1-2,4,8H,3H2,(H,19,20). The summed E-state index contributed by atoms with van der Waals surface area (Å²) in [4.78, 5) is 10.2. The second-order valence-corrected chi connectivity index (χ2v) is 3.92. The number of benzene rings is 1. The van der Waals surface area contributed by atoms with E-state index < -0.39 is 47.6 Å². The van der Waals surface area contributed by atoms with Crippen molar-refractivity contribution < 1.29 is 40.6 Å². The molecular formula is C11H7F7O2. The largest absolute Gasteiger partial charge is 0.479 e. The van der Waals surface area contributed by atoms with Crippen molar-refractivity contribution in [3.05, 3.63) is 34.9 Å². The van der Waals surface area contributed by atoms with Crippen LogP contribution in [-0.4, -0.2) is 17.2 Å². The van der Waals surface area contributed by atoms with Gasteiger partial charge in [-0.2, -0.15) is 26.3 Å². The van der Waals surface area contributed by atoms with Crippen molar-refractivity contribution in [2.75, 3.05) is 0 Å². The maximum absolute atomic E-state index is 12.9. The van der Waals surface area contributed by atoms with Crippen LogP contribution in [0.4, 0.5) is 30.7 Å². The molecule has 1 aromatic rings. The van der Waals surface area contributed by atoms with Gasteiger partial charge in [0.05, 0.1) is 11.1 Å². The number of halogens is 7. The molecule has 0 aliphatic carbocycles. The summed E-state index contributed by atoms with van der Waals surface area (Å²) in [6, 6.07) is 0.479. The molecule has 20 heavy (non-hydrogen) atoms. The fraction of sp³-hybridized carbons (Fsp3) is 0.364. The third-order valence-electron chi connectivity index (χ3n) is 2.33. The summed E-state index contributed by atoms with van der Waals surface area (Å²) in [5.74, 6) is -1.96. The summed E-state index contributed by atoms with van der Waals surface area (Å²) in [6.07, 6.45) is -13.8. The van der Waals surface area contributed by atoms with E-state index in [1.54, 1.807) is 0 Å². The quantitative estimate of drug-likeness (QED) is 0.865. The Morgan fingerprint density at radius 1 is 1.00 bits per heavy atom. The topological polar surface area (TPSA) is 37.3 Å². The molecule has 1 rings (SSSR count). The maximum Gasteiger partial charge on any atom is 0.416 e. The highest BCUT2D eigenvalue weighted by Gasteiger charge is 2.37. The van der Waals surface area contributed by atoms with Crippen LogP contribution >= 0.6 is 0 Å². The number of carboxylic acids is 1. The van der Waals surface area contributed by atoms with Gasteiger partial charge in [0.25, 0.3) is 0 Å². The van der Waals surface area contributed by atoms with Gasteiger partial charge < -0.3 is 5.11 Å². The predicted molar refractivity (Wildman–Crippen MR) is 52.7 cm³/mol. The Morgan fingerprint density at radius 3 is 1.70 bits per heavy atom. The first-order valence-corrected chi connectivity index (χ1v) is 5.06. The molecule has 0 aromatic heterocycles. The molecule has 1 N–H and O–H groups in total. The van der Waals surface area contributed by atoms with Crippen LogP contribution in [0.3, 0.4) is 0 Å². The van der Waals surface area contributed by atoms with E-state index >= 15 is 0 Å².